The van der Waals surface area contributed by atoms with E-state index in [4.69, 9.17) is 0 Å². The molecule has 1 fully saturated rings. The van der Waals surface area contributed by atoms with Crippen LogP contribution in [0.15, 0.2) is 54.7 Å². The number of nitrogens with zero attached hydrogens (tertiary/aromatic N) is 1. The number of carbonyl (C=O) groups is 3. The molecular weight excluding hydrogens is 396 g/mol. The highest BCUT2D eigenvalue weighted by Gasteiger charge is 2.49. The third-order valence-electron chi connectivity index (χ3n) is 5.12. The van der Waals surface area contributed by atoms with Crippen molar-refractivity contribution in [2.45, 2.75) is 19.1 Å². The number of Topliss-reactive ketones (excluding diaryl/α,β-unsaturated/α-hetero) is 1. The fourth-order valence-corrected chi connectivity index (χ4v) is 3.54. The van der Waals surface area contributed by atoms with E-state index in [1.165, 1.54) is 31.2 Å². The van der Waals surface area contributed by atoms with Gasteiger partial charge >= 0.3 is 12.6 Å². The minimum Gasteiger partial charge on any atom is -0.435 e. The summed E-state index contributed by atoms with van der Waals surface area (Å²) in [5, 5.41) is 3.28. The van der Waals surface area contributed by atoms with E-state index in [1.807, 2.05) is 12.1 Å². The Hall–Kier alpha value is -3.75. The maximum absolute atomic E-state index is 13.0. The van der Waals surface area contributed by atoms with Crippen LogP contribution in [0.4, 0.5) is 13.6 Å². The van der Waals surface area contributed by atoms with Crippen LogP contribution in [0.2, 0.25) is 0 Å². The molecule has 1 aromatic heterocycles. The molecule has 2 heterocycles. The molecule has 0 radical (unpaired) electrons. The number of alkyl halides is 2. The first-order valence-corrected chi connectivity index (χ1v) is 9.08. The number of urea groups is 1. The van der Waals surface area contributed by atoms with Gasteiger partial charge in [0.05, 0.1) is 6.54 Å². The van der Waals surface area contributed by atoms with Gasteiger partial charge in [0.1, 0.15) is 11.3 Å². The van der Waals surface area contributed by atoms with Gasteiger partial charge in [-0.2, -0.15) is 8.78 Å². The molecule has 0 unspecified atom stereocenters. The average Bonchev–Trinajstić information content (AvgIpc) is 3.23. The van der Waals surface area contributed by atoms with Crippen molar-refractivity contribution >= 4 is 28.6 Å². The van der Waals surface area contributed by atoms with Crippen molar-refractivity contribution in [3.05, 3.63) is 65.9 Å². The molecule has 7 nitrogen and oxygen atoms in total. The summed E-state index contributed by atoms with van der Waals surface area (Å²) < 4.78 is 28.9. The molecule has 4 rings (SSSR count). The first kappa shape index (κ1) is 19.6. The number of rotatable bonds is 6. The summed E-state index contributed by atoms with van der Waals surface area (Å²) >= 11 is 0. The van der Waals surface area contributed by atoms with Gasteiger partial charge in [0, 0.05) is 22.7 Å². The van der Waals surface area contributed by atoms with E-state index in [1.54, 1.807) is 18.3 Å². The number of nitrogens with one attached hydrogen (secondary N) is 2. The lowest BCUT2D eigenvalue weighted by Gasteiger charge is -2.22. The molecular formula is C21H17F2N3O4. The smallest absolute Gasteiger partial charge is 0.387 e. The van der Waals surface area contributed by atoms with Gasteiger partial charge < -0.3 is 15.0 Å². The third kappa shape index (κ3) is 3.28. The van der Waals surface area contributed by atoms with Crippen LogP contribution in [0.1, 0.15) is 22.8 Å². The highest BCUT2D eigenvalue weighted by atomic mass is 19.3. The minimum atomic E-state index is -2.97. The van der Waals surface area contributed by atoms with E-state index in [-0.39, 0.29) is 11.5 Å². The Bertz CT molecular complexity index is 1140. The Kier molecular flexibility index (Phi) is 4.73. The monoisotopic (exact) mass is 413 g/mol. The first-order chi connectivity index (χ1) is 14.3. The molecule has 30 heavy (non-hydrogen) atoms. The molecule has 1 aliphatic rings. The quantitative estimate of drug-likeness (QED) is 0.479. The van der Waals surface area contributed by atoms with Crippen LogP contribution in [0, 0.1) is 0 Å². The zero-order valence-corrected chi connectivity index (χ0v) is 15.8. The second-order valence-corrected chi connectivity index (χ2v) is 7.02. The number of aromatic amines is 1. The number of para-hydroxylation sites is 1. The Morgan fingerprint density at radius 1 is 1.13 bits per heavy atom. The molecule has 1 atom stereocenters. The molecule has 3 amide bonds. The third-order valence-corrected chi connectivity index (χ3v) is 5.12. The number of fused-ring (bicyclic) bond motifs is 1. The van der Waals surface area contributed by atoms with Crippen LogP contribution in [-0.4, -0.2) is 40.8 Å². The first-order valence-electron chi connectivity index (χ1n) is 9.08. The summed E-state index contributed by atoms with van der Waals surface area (Å²) in [5.41, 5.74) is 0.104. The second-order valence-electron chi connectivity index (χ2n) is 7.02. The number of hydrogen-bond donors (Lipinski definition) is 2. The van der Waals surface area contributed by atoms with E-state index in [0.29, 0.717) is 16.5 Å². The molecule has 0 aliphatic carbocycles. The van der Waals surface area contributed by atoms with Gasteiger partial charge in [-0.1, -0.05) is 30.3 Å². The summed E-state index contributed by atoms with van der Waals surface area (Å²) in [7, 11) is 0. The summed E-state index contributed by atoms with van der Waals surface area (Å²) in [6, 6.07) is 11.9. The molecule has 0 bridgehead atoms. The van der Waals surface area contributed by atoms with Crippen molar-refractivity contribution in [2.24, 2.45) is 0 Å². The SMILES string of the molecule is C[C@@]1(c2ccc(OC(F)F)cc2)NC(=O)N(CC(=O)c2c[nH]c3ccccc23)C1=O. The molecule has 2 aromatic carbocycles. The molecule has 1 aliphatic heterocycles. The molecule has 0 spiro atoms. The maximum Gasteiger partial charge on any atom is 0.387 e. The van der Waals surface area contributed by atoms with E-state index in [2.05, 4.69) is 15.0 Å². The van der Waals surface area contributed by atoms with Crippen LogP contribution in [0.25, 0.3) is 10.9 Å². The fraction of sp³-hybridized carbons (Fsp3) is 0.190. The maximum atomic E-state index is 13.0. The normalized spacial score (nSPS) is 18.9. The number of ketones is 1. The Labute approximate surface area is 169 Å². The van der Waals surface area contributed by atoms with Crippen molar-refractivity contribution < 1.29 is 27.9 Å². The van der Waals surface area contributed by atoms with Gasteiger partial charge in [0.2, 0.25) is 0 Å². The number of imide groups is 1. The molecule has 1 saturated heterocycles. The molecule has 154 valence electrons. The van der Waals surface area contributed by atoms with Gasteiger partial charge in [0.25, 0.3) is 5.91 Å². The topological polar surface area (TPSA) is 91.5 Å². The number of ether oxygens (including phenoxy) is 1. The van der Waals surface area contributed by atoms with Crippen LogP contribution >= 0.6 is 0 Å². The lowest BCUT2D eigenvalue weighted by atomic mass is 9.92. The van der Waals surface area contributed by atoms with E-state index in [0.717, 1.165) is 10.4 Å². The van der Waals surface area contributed by atoms with Gasteiger partial charge in [-0.05, 0) is 30.7 Å². The van der Waals surface area contributed by atoms with Gasteiger partial charge in [0.15, 0.2) is 5.78 Å². The number of H-pyrrole nitrogens is 1. The summed E-state index contributed by atoms with van der Waals surface area (Å²) in [5.74, 6) is -1.07. The predicted molar refractivity (Wildman–Crippen MR) is 103 cm³/mol. The van der Waals surface area contributed by atoms with Crippen molar-refractivity contribution in [1.82, 2.24) is 15.2 Å². The van der Waals surface area contributed by atoms with Gasteiger partial charge in [-0.3, -0.25) is 14.5 Å². The number of aromatic nitrogens is 1. The van der Waals surface area contributed by atoms with E-state index >= 15 is 0 Å². The standard InChI is InChI=1S/C21H17F2N3O4/c1-21(12-6-8-13(9-7-12)30-19(22)23)18(28)26(20(29)25-21)11-17(27)15-10-24-16-5-3-2-4-14(15)16/h2-10,19,24H,11H2,1H3,(H,25,29)/t21-/m0/s1. The van der Waals surface area contributed by atoms with Crippen LogP contribution < -0.4 is 10.1 Å². The predicted octanol–water partition coefficient (Wildman–Crippen LogP) is 3.42. The Balaban J connectivity index is 1.55. The van der Waals surface area contributed by atoms with Gasteiger partial charge in [-0.15, -0.1) is 0 Å². The number of benzene rings is 2. The van der Waals surface area contributed by atoms with Crippen molar-refractivity contribution in [1.29, 1.82) is 0 Å². The summed E-state index contributed by atoms with van der Waals surface area (Å²) in [4.78, 5) is 42.1. The zero-order chi connectivity index (χ0) is 21.5. The Morgan fingerprint density at radius 3 is 2.53 bits per heavy atom. The molecule has 9 heteroatoms. The fourth-order valence-electron chi connectivity index (χ4n) is 3.54. The van der Waals surface area contributed by atoms with Gasteiger partial charge in [-0.25, -0.2) is 4.79 Å². The van der Waals surface area contributed by atoms with E-state index in [9.17, 15) is 23.2 Å². The zero-order valence-electron chi connectivity index (χ0n) is 15.8. The number of carbonyl (C=O) groups excluding carboxylic acids is 3. The lowest BCUT2D eigenvalue weighted by Crippen LogP contribution is -2.41. The largest absolute Gasteiger partial charge is 0.435 e. The Morgan fingerprint density at radius 2 is 1.83 bits per heavy atom. The van der Waals surface area contributed by atoms with E-state index < -0.39 is 30.6 Å². The summed E-state index contributed by atoms with van der Waals surface area (Å²) in [6.45, 7) is -1.90. The van der Waals surface area contributed by atoms with Crippen LogP contribution in [-0.2, 0) is 10.3 Å². The van der Waals surface area contributed by atoms with Crippen molar-refractivity contribution in [3.8, 4) is 5.75 Å². The van der Waals surface area contributed by atoms with Crippen molar-refractivity contribution in [2.75, 3.05) is 6.54 Å². The highest BCUT2D eigenvalue weighted by Crippen LogP contribution is 2.31. The van der Waals surface area contributed by atoms with Crippen LogP contribution in [0.3, 0.4) is 0 Å². The molecule has 3 aromatic rings. The highest BCUT2D eigenvalue weighted by molar-refractivity contribution is 6.14. The average molecular weight is 413 g/mol. The number of halogens is 2. The second kappa shape index (κ2) is 7.25. The van der Waals surface area contributed by atoms with Crippen LogP contribution in [0.5, 0.6) is 5.75 Å². The molecule has 2 N–H and O–H groups in total. The summed E-state index contributed by atoms with van der Waals surface area (Å²) in [6.07, 6.45) is 1.55. The van der Waals surface area contributed by atoms with Crippen molar-refractivity contribution in [3.63, 3.8) is 0 Å². The number of hydrogen-bond acceptors (Lipinski definition) is 4. The number of amides is 3. The molecule has 0 saturated carbocycles. The lowest BCUT2D eigenvalue weighted by molar-refractivity contribution is -0.130. The minimum absolute atomic E-state index is 0.0690.